The fraction of sp³-hybridized carbons (Fsp3) is 0.310. The Morgan fingerprint density at radius 3 is 2.36 bits per heavy atom. The minimum Gasteiger partial charge on any atom is -0.755 e. The number of thiophene rings is 1. The molecule has 1 unspecified atom stereocenters. The van der Waals surface area contributed by atoms with Gasteiger partial charge in [0.05, 0.1) is 6.54 Å². The summed E-state index contributed by atoms with van der Waals surface area (Å²) in [6, 6.07) is 17.2. The van der Waals surface area contributed by atoms with Gasteiger partial charge in [-0.3, -0.25) is 13.3 Å². The van der Waals surface area contributed by atoms with Crippen molar-refractivity contribution in [1.29, 1.82) is 0 Å². The lowest BCUT2D eigenvalue weighted by molar-refractivity contribution is 0.111. The Morgan fingerprint density at radius 2 is 1.79 bits per heavy atom. The van der Waals surface area contributed by atoms with E-state index in [0.717, 1.165) is 33.6 Å². The topological polar surface area (TPSA) is 78.3 Å². The highest BCUT2D eigenvalue weighted by molar-refractivity contribution is 7.81. The molecule has 0 aliphatic carbocycles. The quantitative estimate of drug-likeness (QED) is 0.143. The van der Waals surface area contributed by atoms with E-state index in [9.17, 15) is 13.6 Å². The summed E-state index contributed by atoms with van der Waals surface area (Å²) in [7, 11) is 0. The van der Waals surface area contributed by atoms with Crippen LogP contribution in [-0.2, 0) is 24.2 Å². The molecule has 0 saturated carbocycles. The molecule has 0 saturated heterocycles. The normalized spacial score (nSPS) is 12.6. The van der Waals surface area contributed by atoms with E-state index in [4.69, 9.17) is 23.2 Å². The second-order valence-electron chi connectivity index (χ2n) is 10.7. The zero-order valence-corrected chi connectivity index (χ0v) is 25.5. The van der Waals surface area contributed by atoms with E-state index in [0.29, 0.717) is 28.1 Å². The number of benzene rings is 2. The smallest absolute Gasteiger partial charge is 0.169 e. The van der Waals surface area contributed by atoms with E-state index in [-0.39, 0.29) is 17.4 Å². The molecule has 0 spiro atoms. The molecule has 2 heterocycles. The van der Waals surface area contributed by atoms with Crippen LogP contribution in [0.4, 0.5) is 5.00 Å². The standard InChI is InChI=1S/C29H31Cl2N3O3S2/c1-18(2)13-22-15-23(28(38-22)34(39(36)37)29(3,4)5)20-11-12-21(24(30)14-20)16-33-25(17-35)26(31)32-27(33)19-9-7-6-8-10-19/h6-12,14-15,17-18H,13,16H2,1-5H3,(H,36,37)/p-1. The molecule has 0 N–H and O–H groups in total. The first-order valence-electron chi connectivity index (χ1n) is 12.5. The van der Waals surface area contributed by atoms with Gasteiger partial charge in [0.15, 0.2) is 11.4 Å². The zero-order chi connectivity index (χ0) is 28.5. The van der Waals surface area contributed by atoms with Crippen LogP contribution < -0.4 is 4.31 Å². The number of hydrogen-bond donors (Lipinski definition) is 0. The third kappa shape index (κ3) is 6.47. The molecule has 2 aromatic heterocycles. The Hall–Kier alpha value is -2.49. The van der Waals surface area contributed by atoms with E-state index in [2.05, 4.69) is 24.9 Å². The monoisotopic (exact) mass is 602 g/mol. The number of anilines is 1. The van der Waals surface area contributed by atoms with Crippen LogP contribution in [0.25, 0.3) is 22.5 Å². The molecule has 4 aromatic rings. The van der Waals surface area contributed by atoms with Gasteiger partial charge in [-0.15, -0.1) is 11.3 Å². The molecule has 206 valence electrons. The number of nitrogens with zero attached hydrogens (tertiary/aromatic N) is 3. The first kappa shape index (κ1) is 29.5. The molecule has 1 atom stereocenters. The van der Waals surface area contributed by atoms with Crippen molar-refractivity contribution >= 4 is 57.1 Å². The number of carbonyl (C=O) groups is 1. The van der Waals surface area contributed by atoms with Crippen LogP contribution in [0.2, 0.25) is 10.2 Å². The Labute approximate surface area is 246 Å². The van der Waals surface area contributed by atoms with E-state index in [1.165, 1.54) is 15.6 Å². The minimum atomic E-state index is -2.46. The van der Waals surface area contributed by atoms with Gasteiger partial charge < -0.3 is 9.12 Å². The SMILES string of the molecule is CC(C)Cc1cc(-c2ccc(Cn3c(-c4ccccc4)nc(Cl)c3C=O)c(Cl)c2)c(N(S(=O)[O-])C(C)(C)C)s1. The van der Waals surface area contributed by atoms with Crippen molar-refractivity contribution in [3.8, 4) is 22.5 Å². The molecule has 0 amide bonds. The van der Waals surface area contributed by atoms with E-state index in [1.54, 1.807) is 4.57 Å². The van der Waals surface area contributed by atoms with Crippen LogP contribution in [0.3, 0.4) is 0 Å². The molecule has 39 heavy (non-hydrogen) atoms. The number of hydrogen-bond acceptors (Lipinski definition) is 5. The molecule has 0 aliphatic heterocycles. The van der Waals surface area contributed by atoms with Crippen molar-refractivity contribution in [1.82, 2.24) is 9.55 Å². The number of halogens is 2. The molecule has 10 heteroatoms. The van der Waals surface area contributed by atoms with E-state index >= 15 is 0 Å². The maximum atomic E-state index is 12.4. The number of aromatic nitrogens is 2. The van der Waals surface area contributed by atoms with Crippen LogP contribution in [-0.4, -0.2) is 30.1 Å². The van der Waals surface area contributed by atoms with Gasteiger partial charge in [-0.05, 0) is 56.4 Å². The molecule has 0 radical (unpaired) electrons. The van der Waals surface area contributed by atoms with Crippen LogP contribution in [0, 0.1) is 5.92 Å². The fourth-order valence-corrected chi connectivity index (χ4v) is 7.34. The van der Waals surface area contributed by atoms with Crippen LogP contribution in [0.15, 0.2) is 54.6 Å². The van der Waals surface area contributed by atoms with Gasteiger partial charge in [-0.25, -0.2) is 4.98 Å². The summed E-state index contributed by atoms with van der Waals surface area (Å²) in [5, 5.41) is 1.28. The number of rotatable bonds is 9. The van der Waals surface area contributed by atoms with E-state index in [1.807, 2.05) is 69.3 Å². The lowest BCUT2D eigenvalue weighted by Gasteiger charge is -2.38. The molecular weight excluding hydrogens is 573 g/mol. The summed E-state index contributed by atoms with van der Waals surface area (Å²) < 4.78 is 27.9. The summed E-state index contributed by atoms with van der Waals surface area (Å²) in [6.07, 6.45) is 1.53. The second-order valence-corrected chi connectivity index (χ2v) is 13.4. The van der Waals surface area contributed by atoms with Gasteiger partial charge in [0.2, 0.25) is 0 Å². The molecule has 6 nitrogen and oxygen atoms in total. The molecule has 4 rings (SSSR count). The molecule has 2 aromatic carbocycles. The average molecular weight is 604 g/mol. The number of imidazole rings is 1. The van der Waals surface area contributed by atoms with Crippen LogP contribution in [0.1, 0.15) is 55.5 Å². The third-order valence-corrected chi connectivity index (χ3v) is 9.03. The number of carbonyl (C=O) groups excluding carboxylic acids is 1. The maximum Gasteiger partial charge on any atom is 0.169 e. The van der Waals surface area contributed by atoms with Gasteiger partial charge in [0.25, 0.3) is 0 Å². The first-order chi connectivity index (χ1) is 18.4. The predicted octanol–water partition coefficient (Wildman–Crippen LogP) is 8.04. The fourth-order valence-electron chi connectivity index (χ4n) is 4.42. The number of aldehydes is 1. The van der Waals surface area contributed by atoms with Crippen LogP contribution >= 0.6 is 34.5 Å². The van der Waals surface area contributed by atoms with Crippen molar-refractivity contribution in [2.45, 2.75) is 53.1 Å². The van der Waals surface area contributed by atoms with Crippen molar-refractivity contribution < 1.29 is 13.6 Å². The van der Waals surface area contributed by atoms with Crippen LogP contribution in [0.5, 0.6) is 0 Å². The summed E-state index contributed by atoms with van der Waals surface area (Å²) in [5.41, 5.74) is 2.85. The van der Waals surface area contributed by atoms with Gasteiger partial charge in [0, 0.05) is 37.8 Å². The second kappa shape index (κ2) is 11.9. The third-order valence-electron chi connectivity index (χ3n) is 6.11. The predicted molar refractivity (Wildman–Crippen MR) is 162 cm³/mol. The zero-order valence-electron chi connectivity index (χ0n) is 22.4. The Morgan fingerprint density at radius 1 is 1.10 bits per heavy atom. The van der Waals surface area contributed by atoms with Crippen molar-refractivity contribution in [2.75, 3.05) is 4.31 Å². The summed E-state index contributed by atoms with van der Waals surface area (Å²) in [6.45, 7) is 10.2. The Kier molecular flexibility index (Phi) is 9.03. The van der Waals surface area contributed by atoms with Crippen molar-refractivity contribution in [3.05, 3.63) is 80.9 Å². The average Bonchev–Trinajstić information content (AvgIpc) is 3.39. The summed E-state index contributed by atoms with van der Waals surface area (Å²) >= 11 is 12.2. The summed E-state index contributed by atoms with van der Waals surface area (Å²) in [4.78, 5) is 17.4. The minimum absolute atomic E-state index is 0.130. The van der Waals surface area contributed by atoms with Crippen molar-refractivity contribution in [3.63, 3.8) is 0 Å². The first-order valence-corrected chi connectivity index (χ1v) is 15.1. The summed E-state index contributed by atoms with van der Waals surface area (Å²) in [5.74, 6) is 0.990. The van der Waals surface area contributed by atoms with Gasteiger partial charge in [-0.2, -0.15) is 0 Å². The molecule has 0 bridgehead atoms. The Balaban J connectivity index is 1.78. The maximum absolute atomic E-state index is 12.4. The molecular formula is C29H30Cl2N3O3S2-. The Bertz CT molecular complexity index is 1510. The lowest BCUT2D eigenvalue weighted by Crippen LogP contribution is -2.42. The van der Waals surface area contributed by atoms with Gasteiger partial charge in [0.1, 0.15) is 16.5 Å². The highest BCUT2D eigenvalue weighted by Gasteiger charge is 2.28. The van der Waals surface area contributed by atoms with E-state index < -0.39 is 16.8 Å². The highest BCUT2D eigenvalue weighted by atomic mass is 35.5. The molecule has 0 fully saturated rings. The highest BCUT2D eigenvalue weighted by Crippen LogP contribution is 2.44. The van der Waals surface area contributed by atoms with Gasteiger partial charge >= 0.3 is 0 Å². The largest absolute Gasteiger partial charge is 0.755 e. The van der Waals surface area contributed by atoms with Crippen molar-refractivity contribution in [2.24, 2.45) is 5.92 Å². The van der Waals surface area contributed by atoms with Gasteiger partial charge in [-0.1, -0.05) is 79.5 Å². The molecule has 0 aliphatic rings. The lowest BCUT2D eigenvalue weighted by atomic mass is 10.0.